The van der Waals surface area contributed by atoms with Gasteiger partial charge in [0.25, 0.3) is 0 Å². The molecule has 0 aliphatic carbocycles. The molecule has 4 aromatic rings. The monoisotopic (exact) mass is 745 g/mol. The van der Waals surface area contributed by atoms with Crippen LogP contribution in [0.4, 0.5) is 11.4 Å². The standard InChI is InChI=1S/C28H40N2.C21H28.2C2H6/c1-17(2)23-13-11-14-24(18(3)4)27(23)29-21(9)22(10)30-28-25(19(5)6)15-12-16-26(28)20(7)8;1-5-16(3)20-13-9-7-11-18(20)15-19-12-8-10-14-21(19)17(4)6-2;2*1-2/h11-20H,1-10H3;7-14,16-17H,5-6,15H2,1-4H3;2*1-2H3. The van der Waals surface area contributed by atoms with E-state index in [4.69, 9.17) is 9.98 Å². The van der Waals surface area contributed by atoms with Gasteiger partial charge in [-0.05, 0) is 113 Å². The molecular formula is C53H80N2. The molecule has 2 unspecified atom stereocenters. The van der Waals surface area contributed by atoms with E-state index < -0.39 is 0 Å². The van der Waals surface area contributed by atoms with Gasteiger partial charge >= 0.3 is 0 Å². The highest BCUT2D eigenvalue weighted by atomic mass is 14.8. The molecule has 4 rings (SSSR count). The molecule has 2 atom stereocenters. The number of para-hydroxylation sites is 2. The summed E-state index contributed by atoms with van der Waals surface area (Å²) in [4.78, 5) is 10.3. The van der Waals surface area contributed by atoms with Gasteiger partial charge in [0.15, 0.2) is 0 Å². The summed E-state index contributed by atoms with van der Waals surface area (Å²) < 4.78 is 0. The molecule has 2 heteroatoms. The number of rotatable bonds is 13. The van der Waals surface area contributed by atoms with Crippen LogP contribution in [0.1, 0.15) is 217 Å². The van der Waals surface area contributed by atoms with Gasteiger partial charge in [0.05, 0.1) is 22.8 Å². The molecular weight excluding hydrogens is 665 g/mol. The Morgan fingerprint density at radius 2 is 0.655 bits per heavy atom. The minimum Gasteiger partial charge on any atom is -0.251 e. The highest BCUT2D eigenvalue weighted by Crippen LogP contribution is 2.37. The SMILES string of the molecule is CC.CC.CC(=Nc1c(C(C)C)cccc1C(C)C)C(C)=Nc1c(C(C)C)cccc1C(C)C.CCC(C)c1ccccc1Cc1ccccc1C(C)CC. The lowest BCUT2D eigenvalue weighted by atomic mass is 9.87. The van der Waals surface area contributed by atoms with Gasteiger partial charge in [0, 0.05) is 0 Å². The van der Waals surface area contributed by atoms with E-state index in [9.17, 15) is 0 Å². The third kappa shape index (κ3) is 14.3. The Morgan fingerprint density at radius 1 is 0.400 bits per heavy atom. The van der Waals surface area contributed by atoms with Gasteiger partial charge in [-0.25, -0.2) is 0 Å². The van der Waals surface area contributed by atoms with Crippen LogP contribution < -0.4 is 0 Å². The highest BCUT2D eigenvalue weighted by Gasteiger charge is 2.17. The summed E-state index contributed by atoms with van der Waals surface area (Å²) in [5.74, 6) is 3.00. The summed E-state index contributed by atoms with van der Waals surface area (Å²) in [6.07, 6.45) is 3.45. The van der Waals surface area contributed by atoms with Crippen molar-refractivity contribution in [1.82, 2.24) is 0 Å². The third-order valence-corrected chi connectivity index (χ3v) is 10.5. The molecule has 0 fully saturated rings. The average molecular weight is 745 g/mol. The van der Waals surface area contributed by atoms with Crippen LogP contribution in [0.3, 0.4) is 0 Å². The van der Waals surface area contributed by atoms with E-state index in [1.54, 1.807) is 0 Å². The highest BCUT2D eigenvalue weighted by molar-refractivity contribution is 6.41. The lowest BCUT2D eigenvalue weighted by Crippen LogP contribution is -2.07. The lowest BCUT2D eigenvalue weighted by Gasteiger charge is -2.18. The molecule has 0 amide bonds. The number of benzene rings is 4. The van der Waals surface area contributed by atoms with Crippen molar-refractivity contribution in [1.29, 1.82) is 0 Å². The maximum Gasteiger partial charge on any atom is 0.0702 e. The van der Waals surface area contributed by atoms with Crippen LogP contribution in [-0.2, 0) is 6.42 Å². The van der Waals surface area contributed by atoms with Gasteiger partial charge in [-0.2, -0.15) is 0 Å². The summed E-state index contributed by atoms with van der Waals surface area (Å²) >= 11 is 0. The Hall–Kier alpha value is -3.78. The van der Waals surface area contributed by atoms with Crippen LogP contribution >= 0.6 is 0 Å². The Bertz CT molecular complexity index is 1570. The second kappa shape index (κ2) is 25.4. The largest absolute Gasteiger partial charge is 0.251 e. The van der Waals surface area contributed by atoms with Crippen molar-refractivity contribution in [2.45, 2.75) is 179 Å². The zero-order chi connectivity index (χ0) is 41.8. The lowest BCUT2D eigenvalue weighted by molar-refractivity contribution is 0.715. The number of aliphatic imine (C=N–C) groups is 2. The molecule has 0 aliphatic heterocycles. The molecule has 0 aromatic heterocycles. The van der Waals surface area contributed by atoms with Crippen molar-refractivity contribution in [3.05, 3.63) is 129 Å². The van der Waals surface area contributed by atoms with Crippen molar-refractivity contribution < 1.29 is 0 Å². The molecule has 0 saturated carbocycles. The van der Waals surface area contributed by atoms with Crippen molar-refractivity contribution in [3.63, 3.8) is 0 Å². The predicted octanol–water partition coefficient (Wildman–Crippen LogP) is 17.4. The first kappa shape index (κ1) is 49.2. The molecule has 2 nitrogen and oxygen atoms in total. The van der Waals surface area contributed by atoms with Crippen molar-refractivity contribution in [2.75, 3.05) is 0 Å². The van der Waals surface area contributed by atoms with Crippen molar-refractivity contribution in [2.24, 2.45) is 9.98 Å². The van der Waals surface area contributed by atoms with E-state index in [1.807, 2.05) is 27.7 Å². The Kier molecular flexibility index (Phi) is 22.7. The summed E-state index contributed by atoms with van der Waals surface area (Å²) in [5, 5.41) is 0. The van der Waals surface area contributed by atoms with Crippen LogP contribution in [0, 0.1) is 0 Å². The van der Waals surface area contributed by atoms with Gasteiger partial charge in [-0.3, -0.25) is 9.98 Å². The van der Waals surface area contributed by atoms with Gasteiger partial charge in [0.1, 0.15) is 0 Å². The quantitative estimate of drug-likeness (QED) is 0.122. The molecule has 4 aromatic carbocycles. The van der Waals surface area contributed by atoms with E-state index in [0.717, 1.165) is 29.2 Å². The average Bonchev–Trinajstić information content (AvgIpc) is 3.19. The fourth-order valence-corrected chi connectivity index (χ4v) is 6.78. The number of nitrogens with zero attached hydrogens (tertiary/aromatic N) is 2. The van der Waals surface area contributed by atoms with Crippen LogP contribution in [0.5, 0.6) is 0 Å². The summed E-state index contributed by atoms with van der Waals surface area (Å²) in [6, 6.07) is 31.0. The summed E-state index contributed by atoms with van der Waals surface area (Å²) in [7, 11) is 0. The zero-order valence-corrected chi connectivity index (χ0v) is 38.6. The van der Waals surface area contributed by atoms with Gasteiger partial charge in [-0.15, -0.1) is 0 Å². The second-order valence-corrected chi connectivity index (χ2v) is 15.8. The zero-order valence-electron chi connectivity index (χ0n) is 38.6. The van der Waals surface area contributed by atoms with E-state index in [2.05, 4.69) is 182 Å². The summed E-state index contributed by atoms with van der Waals surface area (Å²) in [6.45, 7) is 39.3. The molecule has 0 heterocycles. The third-order valence-electron chi connectivity index (χ3n) is 10.5. The second-order valence-electron chi connectivity index (χ2n) is 15.8. The van der Waals surface area contributed by atoms with E-state index in [0.29, 0.717) is 35.5 Å². The predicted molar refractivity (Wildman–Crippen MR) is 251 cm³/mol. The Labute approximate surface area is 340 Å². The van der Waals surface area contributed by atoms with Gasteiger partial charge < -0.3 is 0 Å². The van der Waals surface area contributed by atoms with Gasteiger partial charge in [-0.1, -0.05) is 196 Å². The van der Waals surface area contributed by atoms with Crippen LogP contribution in [0.15, 0.2) is 94.9 Å². The topological polar surface area (TPSA) is 24.7 Å². The molecule has 0 aliphatic rings. The normalized spacial score (nSPS) is 12.8. The van der Waals surface area contributed by atoms with Crippen LogP contribution in [0.25, 0.3) is 0 Å². The van der Waals surface area contributed by atoms with Crippen LogP contribution in [-0.4, -0.2) is 11.4 Å². The van der Waals surface area contributed by atoms with Crippen molar-refractivity contribution >= 4 is 22.8 Å². The first-order chi connectivity index (χ1) is 26.2. The molecule has 0 radical (unpaired) electrons. The first-order valence-corrected chi connectivity index (χ1v) is 21.7. The maximum atomic E-state index is 5.13. The van der Waals surface area contributed by atoms with Crippen molar-refractivity contribution in [3.8, 4) is 0 Å². The maximum absolute atomic E-state index is 5.13. The summed E-state index contributed by atoms with van der Waals surface area (Å²) in [5.41, 5.74) is 15.4. The fraction of sp³-hybridized carbons (Fsp3) is 0.509. The smallest absolute Gasteiger partial charge is 0.0702 e. The first-order valence-electron chi connectivity index (χ1n) is 21.7. The molecule has 0 N–H and O–H groups in total. The fourth-order valence-electron chi connectivity index (χ4n) is 6.78. The Balaban J connectivity index is 0.000000529. The van der Waals surface area contributed by atoms with E-state index >= 15 is 0 Å². The molecule has 55 heavy (non-hydrogen) atoms. The molecule has 0 bridgehead atoms. The van der Waals surface area contributed by atoms with Gasteiger partial charge in [0.2, 0.25) is 0 Å². The number of hydrogen-bond acceptors (Lipinski definition) is 2. The minimum atomic E-state index is 0.432. The number of hydrogen-bond donors (Lipinski definition) is 0. The molecule has 0 saturated heterocycles. The van der Waals surface area contributed by atoms with Crippen LogP contribution in [0.2, 0.25) is 0 Å². The van der Waals surface area contributed by atoms with E-state index in [-0.39, 0.29) is 0 Å². The molecule has 0 spiro atoms. The molecule has 302 valence electrons. The Morgan fingerprint density at radius 3 is 0.909 bits per heavy atom. The van der Waals surface area contributed by atoms with E-state index in [1.165, 1.54) is 57.3 Å². The minimum absolute atomic E-state index is 0.432.